The van der Waals surface area contributed by atoms with Gasteiger partial charge < -0.3 is 10.2 Å². The number of hydrogen-bond donors (Lipinski definition) is 1. The molecule has 0 fully saturated rings. The first kappa shape index (κ1) is 22.9. The zero-order valence-corrected chi connectivity index (χ0v) is 18.1. The van der Waals surface area contributed by atoms with Gasteiger partial charge in [0.2, 0.25) is 11.8 Å². The molecule has 2 aromatic carbocycles. The van der Waals surface area contributed by atoms with Gasteiger partial charge in [0, 0.05) is 29.1 Å². The van der Waals surface area contributed by atoms with Crippen LogP contribution in [-0.2, 0) is 22.6 Å². The molecule has 0 spiro atoms. The Hall–Kier alpha value is -2.40. The van der Waals surface area contributed by atoms with Crippen molar-refractivity contribution in [2.75, 3.05) is 0 Å². The van der Waals surface area contributed by atoms with Gasteiger partial charge in [-0.1, -0.05) is 48.0 Å². The van der Waals surface area contributed by atoms with E-state index in [4.69, 9.17) is 11.6 Å². The fourth-order valence-corrected chi connectivity index (χ4v) is 3.18. The fraction of sp³-hybridized carbons (Fsp3) is 0.391. The first-order chi connectivity index (χ1) is 13.6. The molecule has 0 saturated heterocycles. The van der Waals surface area contributed by atoms with Crippen molar-refractivity contribution in [1.82, 2.24) is 10.2 Å². The van der Waals surface area contributed by atoms with Gasteiger partial charge in [-0.05, 0) is 51.8 Å². The molecule has 0 aliphatic carbocycles. The van der Waals surface area contributed by atoms with Gasteiger partial charge in [0.1, 0.15) is 11.9 Å². The van der Waals surface area contributed by atoms with Crippen LogP contribution in [0.4, 0.5) is 4.39 Å². The van der Waals surface area contributed by atoms with Gasteiger partial charge in [-0.2, -0.15) is 0 Å². The first-order valence-corrected chi connectivity index (χ1v) is 10.0. The Morgan fingerprint density at radius 3 is 2.24 bits per heavy atom. The Labute approximate surface area is 177 Å². The molecule has 0 heterocycles. The number of halogens is 2. The molecule has 0 bridgehead atoms. The maximum atomic E-state index is 14.2. The van der Waals surface area contributed by atoms with Crippen molar-refractivity contribution in [3.8, 4) is 0 Å². The van der Waals surface area contributed by atoms with E-state index in [1.807, 2.05) is 39.0 Å². The van der Waals surface area contributed by atoms with E-state index in [-0.39, 0.29) is 24.8 Å². The van der Waals surface area contributed by atoms with E-state index in [1.165, 1.54) is 11.0 Å². The summed E-state index contributed by atoms with van der Waals surface area (Å²) < 4.78 is 14.2. The average molecular weight is 419 g/mol. The number of nitrogens with zero attached hydrogens (tertiary/aromatic N) is 1. The number of amides is 2. The molecule has 0 aromatic heterocycles. The molecule has 156 valence electrons. The minimum Gasteiger partial charge on any atom is -0.350 e. The molecule has 6 heteroatoms. The maximum absolute atomic E-state index is 14.2. The van der Waals surface area contributed by atoms with E-state index >= 15 is 0 Å². The zero-order chi connectivity index (χ0) is 21.6. The summed E-state index contributed by atoms with van der Waals surface area (Å²) in [5.41, 5.74) is 0.796. The number of nitrogens with one attached hydrogen (secondary N) is 1. The van der Waals surface area contributed by atoms with E-state index in [9.17, 15) is 14.0 Å². The lowest BCUT2D eigenvalue weighted by molar-refractivity contribution is -0.141. The van der Waals surface area contributed by atoms with E-state index in [0.717, 1.165) is 5.56 Å². The Morgan fingerprint density at radius 2 is 1.66 bits per heavy atom. The smallest absolute Gasteiger partial charge is 0.242 e. The lowest BCUT2D eigenvalue weighted by Gasteiger charge is -2.31. The molecular formula is C23H28ClFN2O2. The molecular weight excluding hydrogens is 391 g/mol. The van der Waals surface area contributed by atoms with Crippen molar-refractivity contribution >= 4 is 23.4 Å². The zero-order valence-electron chi connectivity index (χ0n) is 17.3. The van der Waals surface area contributed by atoms with Crippen molar-refractivity contribution in [1.29, 1.82) is 0 Å². The van der Waals surface area contributed by atoms with Crippen LogP contribution < -0.4 is 5.32 Å². The van der Waals surface area contributed by atoms with Gasteiger partial charge in [0.15, 0.2) is 0 Å². The van der Waals surface area contributed by atoms with E-state index < -0.39 is 17.4 Å². The molecule has 0 aliphatic rings. The van der Waals surface area contributed by atoms with Gasteiger partial charge in [-0.15, -0.1) is 0 Å². The predicted octanol–water partition coefficient (Wildman–Crippen LogP) is 4.74. The average Bonchev–Trinajstić information content (AvgIpc) is 2.64. The molecule has 0 unspecified atom stereocenters. The standard InChI is InChI=1S/C23H28ClFN2O2/c1-16(22(29)26-23(2,3)4)27(15-18-10-6-8-12-20(18)25)21(28)14-13-17-9-5-7-11-19(17)24/h5-12,16H,13-15H2,1-4H3,(H,26,29)/t16-/m0/s1. The summed E-state index contributed by atoms with van der Waals surface area (Å²) in [5.74, 6) is -0.913. The molecule has 0 aliphatic heterocycles. The van der Waals surface area contributed by atoms with Crippen molar-refractivity contribution in [3.63, 3.8) is 0 Å². The Kier molecular flexibility index (Phi) is 7.80. The van der Waals surface area contributed by atoms with Gasteiger partial charge in [0.05, 0.1) is 0 Å². The number of rotatable bonds is 7. The third-order valence-electron chi connectivity index (χ3n) is 4.53. The van der Waals surface area contributed by atoms with Crippen LogP contribution >= 0.6 is 11.6 Å². The number of benzene rings is 2. The third kappa shape index (κ3) is 6.86. The van der Waals surface area contributed by atoms with E-state index in [1.54, 1.807) is 31.2 Å². The first-order valence-electron chi connectivity index (χ1n) is 9.67. The molecule has 2 amide bonds. The summed E-state index contributed by atoms with van der Waals surface area (Å²) >= 11 is 6.18. The molecule has 1 N–H and O–H groups in total. The minimum absolute atomic E-state index is 0.0206. The summed E-state index contributed by atoms with van der Waals surface area (Å²) in [7, 11) is 0. The molecule has 29 heavy (non-hydrogen) atoms. The topological polar surface area (TPSA) is 49.4 Å². The summed E-state index contributed by atoms with van der Waals surface area (Å²) in [6, 6.07) is 12.9. The van der Waals surface area contributed by atoms with Crippen molar-refractivity contribution in [3.05, 3.63) is 70.5 Å². The van der Waals surface area contributed by atoms with Gasteiger partial charge in [-0.3, -0.25) is 9.59 Å². The van der Waals surface area contributed by atoms with E-state index in [0.29, 0.717) is 17.0 Å². The summed E-state index contributed by atoms with van der Waals surface area (Å²) in [6.45, 7) is 7.30. The van der Waals surface area contributed by atoms with Crippen LogP contribution in [-0.4, -0.2) is 28.3 Å². The third-order valence-corrected chi connectivity index (χ3v) is 4.90. The normalized spacial score (nSPS) is 12.3. The second kappa shape index (κ2) is 9.88. The van der Waals surface area contributed by atoms with Crippen LogP contribution in [0.25, 0.3) is 0 Å². The monoisotopic (exact) mass is 418 g/mol. The number of carbonyl (C=O) groups excluding carboxylic acids is 2. The van der Waals surface area contributed by atoms with Crippen molar-refractivity contribution in [2.45, 2.75) is 58.7 Å². The van der Waals surface area contributed by atoms with Gasteiger partial charge in [-0.25, -0.2) is 4.39 Å². The second-order valence-electron chi connectivity index (χ2n) is 8.12. The number of hydrogen-bond acceptors (Lipinski definition) is 2. The molecule has 0 saturated carbocycles. The van der Waals surface area contributed by atoms with E-state index in [2.05, 4.69) is 5.32 Å². The Balaban J connectivity index is 2.20. The molecule has 1 atom stereocenters. The molecule has 0 radical (unpaired) electrons. The van der Waals surface area contributed by atoms with Gasteiger partial charge in [0.25, 0.3) is 0 Å². The van der Waals surface area contributed by atoms with Crippen molar-refractivity contribution in [2.24, 2.45) is 0 Å². The highest BCUT2D eigenvalue weighted by Crippen LogP contribution is 2.19. The van der Waals surface area contributed by atoms with Crippen LogP contribution in [0.1, 0.15) is 45.2 Å². The van der Waals surface area contributed by atoms with Crippen LogP contribution in [0.3, 0.4) is 0 Å². The Bertz CT molecular complexity index is 864. The van der Waals surface area contributed by atoms with Gasteiger partial charge >= 0.3 is 0 Å². The molecule has 2 rings (SSSR count). The predicted molar refractivity (Wildman–Crippen MR) is 114 cm³/mol. The lowest BCUT2D eigenvalue weighted by Crippen LogP contribution is -2.52. The number of carbonyl (C=O) groups is 2. The molecule has 4 nitrogen and oxygen atoms in total. The SMILES string of the molecule is C[C@@H](C(=O)NC(C)(C)C)N(Cc1ccccc1F)C(=O)CCc1ccccc1Cl. The largest absolute Gasteiger partial charge is 0.350 e. The second-order valence-corrected chi connectivity index (χ2v) is 8.53. The highest BCUT2D eigenvalue weighted by atomic mass is 35.5. The Morgan fingerprint density at radius 1 is 1.07 bits per heavy atom. The highest BCUT2D eigenvalue weighted by molar-refractivity contribution is 6.31. The summed E-state index contributed by atoms with van der Waals surface area (Å²) in [4.78, 5) is 27.2. The fourth-order valence-electron chi connectivity index (χ4n) is 2.95. The van der Waals surface area contributed by atoms with Crippen LogP contribution in [0, 0.1) is 5.82 Å². The number of aryl methyl sites for hydroxylation is 1. The highest BCUT2D eigenvalue weighted by Gasteiger charge is 2.28. The summed E-state index contributed by atoms with van der Waals surface area (Å²) in [5, 5.41) is 3.49. The molecule has 2 aromatic rings. The van der Waals surface area contributed by atoms with Crippen molar-refractivity contribution < 1.29 is 14.0 Å². The minimum atomic E-state index is -0.743. The maximum Gasteiger partial charge on any atom is 0.242 e. The van der Waals surface area contributed by atoms with Crippen LogP contribution in [0.2, 0.25) is 5.02 Å². The van der Waals surface area contributed by atoms with Crippen LogP contribution in [0.5, 0.6) is 0 Å². The summed E-state index contributed by atoms with van der Waals surface area (Å²) in [6.07, 6.45) is 0.616. The quantitative estimate of drug-likeness (QED) is 0.705. The van der Waals surface area contributed by atoms with Crippen LogP contribution in [0.15, 0.2) is 48.5 Å². The lowest BCUT2D eigenvalue weighted by atomic mass is 10.1.